The zero-order valence-electron chi connectivity index (χ0n) is 24.9. The van der Waals surface area contributed by atoms with Crippen LogP contribution in [0.1, 0.15) is 30.7 Å². The highest BCUT2D eigenvalue weighted by atomic mass is 35.5. The molecule has 7 rings (SSSR count). The highest BCUT2D eigenvalue weighted by Gasteiger charge is 2.53. The summed E-state index contributed by atoms with van der Waals surface area (Å²) in [4.78, 5) is 33.8. The SMILES string of the molecule is CS(=O)(=O)CCCn1c(CN2C(=O)C3(CCN(S(=O)(=O)c4ccc5nccnc5c4)CC3)c3ccncc32)nc2cc(Cl)ccc21. The van der Waals surface area contributed by atoms with Gasteiger partial charge >= 0.3 is 0 Å². The van der Waals surface area contributed by atoms with E-state index in [0.717, 1.165) is 11.1 Å². The monoisotopic (exact) mass is 679 g/mol. The van der Waals surface area contributed by atoms with E-state index in [1.807, 2.05) is 16.7 Å². The first-order valence-electron chi connectivity index (χ1n) is 14.8. The molecule has 1 amide bonds. The molecule has 46 heavy (non-hydrogen) atoms. The summed E-state index contributed by atoms with van der Waals surface area (Å²) in [7, 11) is -7.00. The number of fused-ring (bicyclic) bond motifs is 4. The Labute approximate surface area is 271 Å². The highest BCUT2D eigenvalue weighted by molar-refractivity contribution is 7.90. The smallest absolute Gasteiger partial charge is 0.243 e. The lowest BCUT2D eigenvalue weighted by Crippen LogP contribution is -2.50. The molecule has 5 aromatic rings. The quantitative estimate of drug-likeness (QED) is 0.239. The van der Waals surface area contributed by atoms with Gasteiger partial charge in [-0.15, -0.1) is 0 Å². The number of carbonyl (C=O) groups excluding carboxylic acids is 1. The van der Waals surface area contributed by atoms with Crippen molar-refractivity contribution >= 4 is 65.1 Å². The van der Waals surface area contributed by atoms with Gasteiger partial charge in [-0.05, 0) is 67.3 Å². The third-order valence-corrected chi connectivity index (χ3v) is 12.1. The molecular weight excluding hydrogens is 650 g/mol. The first-order chi connectivity index (χ1) is 22.0. The van der Waals surface area contributed by atoms with Crippen LogP contribution in [0.3, 0.4) is 0 Å². The number of pyridine rings is 1. The molecule has 0 atom stereocenters. The van der Waals surface area contributed by atoms with Gasteiger partial charge in [0.25, 0.3) is 0 Å². The van der Waals surface area contributed by atoms with E-state index in [0.29, 0.717) is 58.9 Å². The number of amides is 1. The second-order valence-electron chi connectivity index (χ2n) is 11.8. The van der Waals surface area contributed by atoms with Crippen LogP contribution in [0.25, 0.3) is 22.1 Å². The van der Waals surface area contributed by atoms with Gasteiger partial charge in [-0.3, -0.25) is 19.7 Å². The minimum absolute atomic E-state index is 0.0181. The zero-order chi connectivity index (χ0) is 32.3. The first kappa shape index (κ1) is 30.7. The molecule has 1 spiro atoms. The number of hydrogen-bond donors (Lipinski definition) is 0. The first-order valence-corrected chi connectivity index (χ1v) is 18.6. The Morgan fingerprint density at radius 2 is 1.67 bits per heavy atom. The topological polar surface area (TPSA) is 148 Å². The van der Waals surface area contributed by atoms with Crippen LogP contribution in [0.4, 0.5) is 5.69 Å². The van der Waals surface area contributed by atoms with Gasteiger partial charge < -0.3 is 9.47 Å². The summed E-state index contributed by atoms with van der Waals surface area (Å²) in [6.07, 6.45) is 8.57. The minimum atomic E-state index is -3.84. The van der Waals surface area contributed by atoms with E-state index in [2.05, 4.69) is 15.0 Å². The fourth-order valence-electron chi connectivity index (χ4n) is 6.64. The maximum atomic E-state index is 14.4. The van der Waals surface area contributed by atoms with Crippen molar-refractivity contribution in [2.45, 2.75) is 42.7 Å². The number of nitrogens with zero attached hydrogens (tertiary/aromatic N) is 7. The number of imidazole rings is 1. The number of benzene rings is 2. The van der Waals surface area contributed by atoms with Crippen LogP contribution in [0.2, 0.25) is 5.02 Å². The minimum Gasteiger partial charge on any atom is -0.326 e. The normalized spacial score (nSPS) is 16.9. The van der Waals surface area contributed by atoms with Gasteiger partial charge in [0.05, 0.1) is 56.6 Å². The predicted octanol–water partition coefficient (Wildman–Crippen LogP) is 3.73. The van der Waals surface area contributed by atoms with Crippen LogP contribution in [0, 0.1) is 0 Å². The van der Waals surface area contributed by atoms with E-state index in [9.17, 15) is 21.6 Å². The lowest BCUT2D eigenvalue weighted by Gasteiger charge is -2.37. The van der Waals surface area contributed by atoms with E-state index < -0.39 is 25.3 Å². The number of anilines is 1. The Balaban J connectivity index is 1.17. The summed E-state index contributed by atoms with van der Waals surface area (Å²) in [6.45, 7) is 0.834. The van der Waals surface area contributed by atoms with E-state index in [4.69, 9.17) is 16.6 Å². The van der Waals surface area contributed by atoms with Crippen LogP contribution in [0.5, 0.6) is 0 Å². The average molecular weight is 680 g/mol. The lowest BCUT2D eigenvalue weighted by molar-refractivity contribution is -0.124. The maximum absolute atomic E-state index is 14.4. The van der Waals surface area contributed by atoms with Gasteiger partial charge in [0.1, 0.15) is 15.7 Å². The number of aromatic nitrogens is 5. The van der Waals surface area contributed by atoms with E-state index in [1.54, 1.807) is 41.7 Å². The van der Waals surface area contributed by atoms with Crippen LogP contribution in [-0.4, -0.2) is 76.6 Å². The predicted molar refractivity (Wildman–Crippen MR) is 174 cm³/mol. The largest absolute Gasteiger partial charge is 0.326 e. The van der Waals surface area contributed by atoms with Gasteiger partial charge in [0.2, 0.25) is 15.9 Å². The molecule has 0 N–H and O–H groups in total. The molecule has 238 valence electrons. The van der Waals surface area contributed by atoms with Crippen molar-refractivity contribution in [1.29, 1.82) is 0 Å². The number of piperidine rings is 1. The van der Waals surface area contributed by atoms with Gasteiger partial charge in [-0.2, -0.15) is 4.31 Å². The number of aryl methyl sites for hydroxylation is 1. The van der Waals surface area contributed by atoms with E-state index in [1.165, 1.54) is 28.9 Å². The lowest BCUT2D eigenvalue weighted by atomic mass is 9.74. The molecule has 3 aromatic heterocycles. The van der Waals surface area contributed by atoms with Gasteiger partial charge in [-0.25, -0.2) is 21.8 Å². The molecule has 0 radical (unpaired) electrons. The van der Waals surface area contributed by atoms with Crippen molar-refractivity contribution in [3.63, 3.8) is 0 Å². The number of carbonyl (C=O) groups is 1. The number of hydrogen-bond acceptors (Lipinski definition) is 9. The van der Waals surface area contributed by atoms with Crippen molar-refractivity contribution in [2.24, 2.45) is 0 Å². The summed E-state index contributed by atoms with van der Waals surface area (Å²) in [6, 6.07) is 11.9. The molecule has 0 saturated carbocycles. The van der Waals surface area contributed by atoms with Crippen molar-refractivity contribution in [3.05, 3.63) is 83.7 Å². The molecule has 2 aromatic carbocycles. The number of halogens is 1. The zero-order valence-corrected chi connectivity index (χ0v) is 27.3. The number of rotatable bonds is 8. The van der Waals surface area contributed by atoms with Crippen molar-refractivity contribution < 1.29 is 21.6 Å². The summed E-state index contributed by atoms with van der Waals surface area (Å²) >= 11 is 6.26. The second kappa shape index (κ2) is 11.4. The molecule has 0 aliphatic carbocycles. The molecule has 2 aliphatic heterocycles. The summed E-state index contributed by atoms with van der Waals surface area (Å²) in [5.41, 5.74) is 3.08. The van der Waals surface area contributed by atoms with Crippen molar-refractivity contribution in [3.8, 4) is 0 Å². The van der Waals surface area contributed by atoms with E-state index in [-0.39, 0.29) is 36.2 Å². The highest BCUT2D eigenvalue weighted by Crippen LogP contribution is 2.48. The molecule has 0 unspecified atom stereocenters. The Bertz CT molecular complexity index is 2230. The Hall–Kier alpha value is -3.98. The molecule has 15 heteroatoms. The molecule has 0 bridgehead atoms. The van der Waals surface area contributed by atoms with Crippen LogP contribution < -0.4 is 4.90 Å². The van der Waals surface area contributed by atoms with Crippen molar-refractivity contribution in [1.82, 2.24) is 28.8 Å². The molecule has 5 heterocycles. The Morgan fingerprint density at radius 3 is 2.43 bits per heavy atom. The van der Waals surface area contributed by atoms with Crippen LogP contribution >= 0.6 is 11.6 Å². The summed E-state index contributed by atoms with van der Waals surface area (Å²) in [5, 5.41) is 0.518. The van der Waals surface area contributed by atoms with Gasteiger partial charge in [-0.1, -0.05) is 11.6 Å². The standard InChI is InChI=1S/C31H30ClN7O5S2/c1-45(41,42)16-2-13-38-27-6-3-21(32)17-26(27)36-29(38)20-39-28-19-33-10-7-23(28)31(30(39)40)8-14-37(15-9-31)46(43,44)22-4-5-24-25(18-22)35-12-11-34-24/h3-7,10-12,17-19H,2,8-9,13-16,20H2,1H3. The van der Waals surface area contributed by atoms with Gasteiger partial charge in [0, 0.05) is 49.5 Å². The van der Waals surface area contributed by atoms with E-state index >= 15 is 0 Å². The van der Waals surface area contributed by atoms with Crippen molar-refractivity contribution in [2.75, 3.05) is 30.0 Å². The second-order valence-corrected chi connectivity index (χ2v) is 16.4. The molecular formula is C31H30ClN7O5S2. The maximum Gasteiger partial charge on any atom is 0.243 e. The van der Waals surface area contributed by atoms with Gasteiger partial charge in [0.15, 0.2) is 0 Å². The van der Waals surface area contributed by atoms with Crippen LogP contribution in [-0.2, 0) is 43.2 Å². The third kappa shape index (κ3) is 5.32. The molecule has 12 nitrogen and oxygen atoms in total. The Morgan fingerprint density at radius 1 is 0.913 bits per heavy atom. The fourth-order valence-corrected chi connectivity index (χ4v) is 8.92. The Kier molecular flexibility index (Phi) is 7.58. The fraction of sp³-hybridized carbons (Fsp3) is 0.323. The average Bonchev–Trinajstić information content (AvgIpc) is 3.48. The summed E-state index contributed by atoms with van der Waals surface area (Å²) < 4.78 is 54.4. The third-order valence-electron chi connectivity index (χ3n) is 8.90. The molecule has 1 fully saturated rings. The number of sulfonamides is 1. The number of sulfone groups is 1. The molecule has 2 aliphatic rings. The van der Waals surface area contributed by atoms with Crippen LogP contribution in [0.15, 0.2) is 72.1 Å². The molecule has 1 saturated heterocycles. The summed E-state index contributed by atoms with van der Waals surface area (Å²) in [5.74, 6) is 0.469.